The van der Waals surface area contributed by atoms with E-state index in [9.17, 15) is 18.5 Å². The number of nitrogens with zero attached hydrogens (tertiary/aromatic N) is 1. The smallest absolute Gasteiger partial charge is 0.293 e. The van der Waals surface area contributed by atoms with E-state index in [-0.39, 0.29) is 27.7 Å². The van der Waals surface area contributed by atoms with E-state index in [0.29, 0.717) is 6.54 Å². The van der Waals surface area contributed by atoms with Crippen molar-refractivity contribution in [1.82, 2.24) is 5.32 Å². The van der Waals surface area contributed by atoms with Gasteiger partial charge in [0, 0.05) is 18.7 Å². The van der Waals surface area contributed by atoms with Crippen LogP contribution >= 0.6 is 0 Å². The molecule has 1 unspecified atom stereocenters. The lowest BCUT2D eigenvalue weighted by atomic mass is 9.77. The minimum absolute atomic E-state index is 0.0839. The highest BCUT2D eigenvalue weighted by Crippen LogP contribution is 2.32. The molecule has 1 fully saturated rings. The molecule has 1 saturated heterocycles. The molecule has 23 heavy (non-hydrogen) atoms. The Bertz CT molecular complexity index is 703. The first kappa shape index (κ1) is 17.6. The molecule has 2 rings (SSSR count). The zero-order valence-corrected chi connectivity index (χ0v) is 14.0. The zero-order valence-electron chi connectivity index (χ0n) is 13.2. The molecule has 128 valence electrons. The topological polar surface area (TPSA) is 127 Å². The molecule has 0 aromatic heterocycles. The highest BCUT2D eigenvalue weighted by Gasteiger charge is 2.32. The molecule has 0 spiro atoms. The maximum absolute atomic E-state index is 11.3. The van der Waals surface area contributed by atoms with Gasteiger partial charge in [-0.2, -0.15) is 0 Å². The van der Waals surface area contributed by atoms with Gasteiger partial charge >= 0.3 is 0 Å². The highest BCUT2D eigenvalue weighted by atomic mass is 32.2. The van der Waals surface area contributed by atoms with Gasteiger partial charge in [-0.1, -0.05) is 13.8 Å². The van der Waals surface area contributed by atoms with Gasteiger partial charge in [0.15, 0.2) is 0 Å². The van der Waals surface area contributed by atoms with Gasteiger partial charge in [-0.3, -0.25) is 10.1 Å². The third kappa shape index (κ3) is 4.18. The largest absolute Gasteiger partial charge is 0.378 e. The standard InChI is InChI=1S/C14H22N4O4S/c1-14(2)6-3-7-16-13(14)9-17-11-5-4-10(23(15,21)22)8-12(11)18(19)20/h4-5,8,13,16-17H,3,6-7,9H2,1-2H3,(H2,15,21,22). The number of nitro groups is 1. The molecule has 1 aromatic rings. The Morgan fingerprint density at radius 3 is 2.74 bits per heavy atom. The summed E-state index contributed by atoms with van der Waals surface area (Å²) in [6, 6.07) is 3.81. The average Bonchev–Trinajstić information content (AvgIpc) is 2.44. The Kier molecular flexibility index (Phi) is 4.92. The second-order valence-corrected chi connectivity index (χ2v) is 8.02. The Balaban J connectivity index is 2.21. The van der Waals surface area contributed by atoms with Crippen LogP contribution < -0.4 is 15.8 Å². The summed E-state index contributed by atoms with van der Waals surface area (Å²) in [5.41, 5.74) is 0.0660. The van der Waals surface area contributed by atoms with Crippen LogP contribution in [0.15, 0.2) is 23.1 Å². The fraction of sp³-hybridized carbons (Fsp3) is 0.571. The van der Waals surface area contributed by atoms with Crippen molar-refractivity contribution in [3.05, 3.63) is 28.3 Å². The number of nitro benzene ring substituents is 1. The first-order valence-corrected chi connectivity index (χ1v) is 8.94. The number of nitrogens with one attached hydrogen (secondary N) is 2. The van der Waals surface area contributed by atoms with Gasteiger partial charge in [-0.05, 0) is 36.9 Å². The normalized spacial score (nSPS) is 20.9. The first-order valence-electron chi connectivity index (χ1n) is 7.40. The lowest BCUT2D eigenvalue weighted by Crippen LogP contribution is -2.50. The van der Waals surface area contributed by atoms with Crippen molar-refractivity contribution in [1.29, 1.82) is 0 Å². The number of rotatable bonds is 5. The number of piperidine rings is 1. The molecule has 0 bridgehead atoms. The third-order valence-corrected chi connectivity index (χ3v) is 5.23. The fourth-order valence-electron chi connectivity index (χ4n) is 2.82. The predicted octanol–water partition coefficient (Wildman–Crippen LogP) is 1.43. The van der Waals surface area contributed by atoms with Crippen LogP contribution in [0.25, 0.3) is 0 Å². The molecule has 0 radical (unpaired) electrons. The van der Waals surface area contributed by atoms with Crippen LogP contribution in [0.4, 0.5) is 11.4 Å². The van der Waals surface area contributed by atoms with Gasteiger partial charge in [0.2, 0.25) is 10.0 Å². The Labute approximate surface area is 135 Å². The Morgan fingerprint density at radius 1 is 1.48 bits per heavy atom. The SMILES string of the molecule is CC1(C)CCCNC1CNc1ccc(S(N)(=O)=O)cc1[N+](=O)[O-]. The van der Waals surface area contributed by atoms with Crippen molar-refractivity contribution in [2.24, 2.45) is 10.6 Å². The molecule has 0 aliphatic carbocycles. The molecule has 0 amide bonds. The highest BCUT2D eigenvalue weighted by molar-refractivity contribution is 7.89. The van der Waals surface area contributed by atoms with Gasteiger partial charge in [0.05, 0.1) is 9.82 Å². The van der Waals surface area contributed by atoms with E-state index in [1.54, 1.807) is 0 Å². The number of sulfonamides is 1. The van der Waals surface area contributed by atoms with Crippen molar-refractivity contribution in [3.63, 3.8) is 0 Å². The monoisotopic (exact) mass is 342 g/mol. The molecule has 1 atom stereocenters. The van der Waals surface area contributed by atoms with Crippen molar-refractivity contribution < 1.29 is 13.3 Å². The van der Waals surface area contributed by atoms with Gasteiger partial charge in [-0.15, -0.1) is 0 Å². The fourth-order valence-corrected chi connectivity index (χ4v) is 3.35. The number of nitrogens with two attached hydrogens (primary N) is 1. The third-order valence-electron chi connectivity index (χ3n) is 4.32. The van der Waals surface area contributed by atoms with Crippen LogP contribution in [0, 0.1) is 15.5 Å². The molecule has 8 nitrogen and oxygen atoms in total. The van der Waals surface area contributed by atoms with E-state index in [1.807, 2.05) is 0 Å². The van der Waals surface area contributed by atoms with Crippen molar-refractivity contribution in [2.45, 2.75) is 37.6 Å². The van der Waals surface area contributed by atoms with Crippen LogP contribution in [0.3, 0.4) is 0 Å². The summed E-state index contributed by atoms with van der Waals surface area (Å²) in [7, 11) is -3.97. The van der Waals surface area contributed by atoms with E-state index in [2.05, 4.69) is 24.5 Å². The van der Waals surface area contributed by atoms with Crippen LogP contribution in [-0.2, 0) is 10.0 Å². The van der Waals surface area contributed by atoms with E-state index < -0.39 is 14.9 Å². The summed E-state index contributed by atoms with van der Waals surface area (Å²) in [4.78, 5) is 10.3. The van der Waals surface area contributed by atoms with Gasteiger partial charge in [0.25, 0.3) is 5.69 Å². The molecule has 9 heteroatoms. The average molecular weight is 342 g/mol. The summed E-state index contributed by atoms with van der Waals surface area (Å²) >= 11 is 0. The quantitative estimate of drug-likeness (QED) is 0.549. The van der Waals surface area contributed by atoms with Crippen LogP contribution in [0.2, 0.25) is 0 Å². The van der Waals surface area contributed by atoms with Crippen LogP contribution in [0.1, 0.15) is 26.7 Å². The van der Waals surface area contributed by atoms with Crippen molar-refractivity contribution >= 4 is 21.4 Å². The predicted molar refractivity (Wildman–Crippen MR) is 87.8 cm³/mol. The molecular weight excluding hydrogens is 320 g/mol. The van der Waals surface area contributed by atoms with Crippen molar-refractivity contribution in [3.8, 4) is 0 Å². The van der Waals surface area contributed by atoms with Gasteiger partial charge < -0.3 is 10.6 Å². The summed E-state index contributed by atoms with van der Waals surface area (Å²) in [6.07, 6.45) is 2.19. The minimum Gasteiger partial charge on any atom is -0.378 e. The molecule has 1 heterocycles. The Morgan fingerprint density at radius 2 is 2.17 bits per heavy atom. The van der Waals surface area contributed by atoms with E-state index in [0.717, 1.165) is 25.5 Å². The van der Waals surface area contributed by atoms with E-state index in [1.165, 1.54) is 12.1 Å². The molecule has 1 aliphatic rings. The number of anilines is 1. The summed E-state index contributed by atoms with van der Waals surface area (Å²) in [5.74, 6) is 0. The zero-order chi connectivity index (χ0) is 17.3. The molecule has 1 aromatic carbocycles. The number of benzene rings is 1. The number of hydrogen-bond donors (Lipinski definition) is 3. The second-order valence-electron chi connectivity index (χ2n) is 6.46. The lowest BCUT2D eigenvalue weighted by molar-refractivity contribution is -0.384. The van der Waals surface area contributed by atoms with Crippen LogP contribution in [0.5, 0.6) is 0 Å². The van der Waals surface area contributed by atoms with Crippen molar-refractivity contribution in [2.75, 3.05) is 18.4 Å². The molecule has 0 saturated carbocycles. The van der Waals surface area contributed by atoms with Gasteiger partial charge in [-0.25, -0.2) is 13.6 Å². The summed E-state index contributed by atoms with van der Waals surface area (Å²) in [5, 5.41) is 22.7. The summed E-state index contributed by atoms with van der Waals surface area (Å²) < 4.78 is 22.7. The minimum atomic E-state index is -3.97. The van der Waals surface area contributed by atoms with Gasteiger partial charge in [0.1, 0.15) is 5.69 Å². The maximum Gasteiger partial charge on any atom is 0.293 e. The van der Waals surface area contributed by atoms with E-state index >= 15 is 0 Å². The first-order chi connectivity index (χ1) is 10.6. The van der Waals surface area contributed by atoms with Crippen LogP contribution in [-0.4, -0.2) is 32.5 Å². The molecule has 1 aliphatic heterocycles. The number of hydrogen-bond acceptors (Lipinski definition) is 6. The second kappa shape index (κ2) is 6.42. The number of primary sulfonamides is 1. The molecule has 4 N–H and O–H groups in total. The maximum atomic E-state index is 11.3. The molecular formula is C14H22N4O4S. The summed E-state index contributed by atoms with van der Waals surface area (Å²) in [6.45, 7) is 5.75. The Hall–Kier alpha value is -1.71. The van der Waals surface area contributed by atoms with E-state index in [4.69, 9.17) is 5.14 Å². The lowest BCUT2D eigenvalue weighted by Gasteiger charge is -2.39.